The number of aliphatic hydroxyl groups excluding tert-OH is 1. The van der Waals surface area contributed by atoms with E-state index in [1.54, 1.807) is 0 Å². The zero-order valence-corrected chi connectivity index (χ0v) is 9.95. The summed E-state index contributed by atoms with van der Waals surface area (Å²) in [5.74, 6) is -1.39. The van der Waals surface area contributed by atoms with Crippen molar-refractivity contribution in [3.05, 3.63) is 0 Å². The van der Waals surface area contributed by atoms with Gasteiger partial charge in [0.2, 0.25) is 0 Å². The molecule has 6 nitrogen and oxygen atoms in total. The molecule has 1 N–H and O–H groups in total. The molecule has 1 atom stereocenters. The first-order valence-corrected chi connectivity index (χ1v) is 4.19. The Hall–Kier alpha value is 0.160. The molecule has 0 heterocycles. The molecule has 0 spiro atoms. The topological polar surface area (TPSA) is 104 Å². The van der Waals surface area contributed by atoms with Crippen LogP contribution in [-0.2, 0) is 18.7 Å². The van der Waals surface area contributed by atoms with E-state index in [4.69, 9.17) is 5.11 Å². The Balaban J connectivity index is 0. The first kappa shape index (κ1) is 15.6. The smallest absolute Gasteiger partial charge is 0.550 e. The molecule has 0 aromatic rings. The van der Waals surface area contributed by atoms with Crippen LogP contribution in [-0.4, -0.2) is 23.4 Å². The van der Waals surface area contributed by atoms with Crippen LogP contribution in [0.4, 0.5) is 0 Å². The van der Waals surface area contributed by atoms with Crippen LogP contribution in [0, 0.1) is 0 Å². The number of rotatable bonds is 6. The summed E-state index contributed by atoms with van der Waals surface area (Å²) in [6, 6.07) is 0. The minimum Gasteiger partial charge on any atom is -0.550 e. The van der Waals surface area contributed by atoms with Crippen molar-refractivity contribution in [2.24, 2.45) is 0 Å². The molecular formula is C5H7NaO6P+. The summed E-state index contributed by atoms with van der Waals surface area (Å²) in [6.45, 7) is -0.827. The molecule has 0 aromatic carbocycles. The average molecular weight is 217 g/mol. The van der Waals surface area contributed by atoms with Crippen molar-refractivity contribution in [2.45, 2.75) is 12.8 Å². The Kier molecular flexibility index (Phi) is 10.5. The second-order valence-electron chi connectivity index (χ2n) is 1.78. The minimum atomic E-state index is -2.60. The Morgan fingerprint density at radius 2 is 1.92 bits per heavy atom. The molecule has 8 heteroatoms. The maximum atomic E-state index is 10.6. The molecule has 0 bridgehead atoms. The van der Waals surface area contributed by atoms with Crippen molar-refractivity contribution in [2.75, 3.05) is 6.79 Å². The molecule has 13 heavy (non-hydrogen) atoms. The molecule has 0 rings (SSSR count). The number of hydrogen-bond acceptors (Lipinski definition) is 6. The summed E-state index contributed by atoms with van der Waals surface area (Å²) in [6.07, 6.45) is -0.897. The molecule has 0 amide bonds. The van der Waals surface area contributed by atoms with Crippen LogP contribution in [0.2, 0.25) is 0 Å². The van der Waals surface area contributed by atoms with E-state index >= 15 is 0 Å². The maximum absolute atomic E-state index is 10.6. The third kappa shape index (κ3) is 8.49. The van der Waals surface area contributed by atoms with E-state index in [1.807, 2.05) is 0 Å². The van der Waals surface area contributed by atoms with Gasteiger partial charge in [-0.2, -0.15) is 0 Å². The van der Waals surface area contributed by atoms with Crippen LogP contribution in [0.25, 0.3) is 0 Å². The Morgan fingerprint density at radius 3 is 2.31 bits per heavy atom. The fourth-order valence-electron chi connectivity index (χ4n) is 0.425. The van der Waals surface area contributed by atoms with Crippen LogP contribution in [0.15, 0.2) is 0 Å². The van der Waals surface area contributed by atoms with E-state index in [0.717, 1.165) is 0 Å². The number of hydrogen-bond donors (Lipinski definition) is 1. The molecular weight excluding hydrogens is 210 g/mol. The Morgan fingerprint density at radius 1 is 1.38 bits per heavy atom. The van der Waals surface area contributed by atoms with Gasteiger partial charge in [-0.15, -0.1) is 4.52 Å². The molecule has 0 aliphatic carbocycles. The Labute approximate surface area is 97.4 Å². The molecule has 1 unspecified atom stereocenters. The zero-order valence-electron chi connectivity index (χ0n) is 7.06. The number of aliphatic carboxylic acids is 1. The molecule has 0 saturated carbocycles. The predicted molar refractivity (Wildman–Crippen MR) is 35.0 cm³/mol. The van der Waals surface area contributed by atoms with Gasteiger partial charge in [-0.3, -0.25) is 0 Å². The number of carboxylic acids is 1. The van der Waals surface area contributed by atoms with E-state index < -0.39 is 39.2 Å². The van der Waals surface area contributed by atoms with Crippen LogP contribution >= 0.6 is 8.03 Å². The van der Waals surface area contributed by atoms with E-state index in [1.165, 1.54) is 0 Å². The first-order chi connectivity index (χ1) is 5.57. The second-order valence-corrected chi connectivity index (χ2v) is 3.05. The zero-order chi connectivity index (χ0) is 9.56. The van der Waals surface area contributed by atoms with Crippen molar-refractivity contribution in [3.8, 4) is 0 Å². The van der Waals surface area contributed by atoms with Gasteiger partial charge >= 0.3 is 43.1 Å². The fraction of sp³-hybridized carbons (Fsp3) is 0.600. The summed E-state index contributed by atoms with van der Waals surface area (Å²) < 4.78 is 14.6. The van der Waals surface area contributed by atoms with Gasteiger partial charge in [-0.25, -0.2) is 4.79 Å². The van der Waals surface area contributed by atoms with Crippen molar-refractivity contribution in [1.29, 1.82) is 0 Å². The standard InChI is InChI=1S/C5H7O6P.Na/c6-3-11-12(10)5(9)2-1-4(7)8;/h6H,1-3H2;/q;+1. The molecule has 0 aliphatic heterocycles. The molecule has 0 aliphatic rings. The summed E-state index contributed by atoms with van der Waals surface area (Å²) in [5.41, 5.74) is -0.844. The third-order valence-electron chi connectivity index (χ3n) is 0.922. The largest absolute Gasteiger partial charge is 1.00 e. The average Bonchev–Trinajstić information content (AvgIpc) is 2.00. The van der Waals surface area contributed by atoms with Gasteiger partial charge in [0.25, 0.3) is 0 Å². The van der Waals surface area contributed by atoms with E-state index in [-0.39, 0.29) is 29.6 Å². The summed E-state index contributed by atoms with van der Waals surface area (Å²) in [7, 11) is -2.60. The third-order valence-corrected chi connectivity index (χ3v) is 1.90. The molecule has 0 saturated heterocycles. The number of aliphatic hydroxyl groups is 1. The molecule has 68 valence electrons. The van der Waals surface area contributed by atoms with Gasteiger partial charge in [0.05, 0.1) is 6.42 Å². The van der Waals surface area contributed by atoms with Gasteiger partial charge < -0.3 is 15.0 Å². The van der Waals surface area contributed by atoms with Crippen LogP contribution in [0.1, 0.15) is 12.8 Å². The van der Waals surface area contributed by atoms with Crippen LogP contribution < -0.4 is 34.7 Å². The molecule has 0 fully saturated rings. The predicted octanol–water partition coefficient (Wildman–Crippen LogP) is -4.24. The number of carbonyl (C=O) groups excluding carboxylic acids is 2. The second kappa shape index (κ2) is 8.74. The van der Waals surface area contributed by atoms with Crippen molar-refractivity contribution < 1.29 is 58.4 Å². The van der Waals surface area contributed by atoms with Gasteiger partial charge in [0.1, 0.15) is 0 Å². The Bertz CT molecular complexity index is 205. The number of carbonyl (C=O) groups is 2. The van der Waals surface area contributed by atoms with Crippen LogP contribution in [0.5, 0.6) is 0 Å². The van der Waals surface area contributed by atoms with E-state index in [2.05, 4.69) is 4.52 Å². The summed E-state index contributed by atoms with van der Waals surface area (Å²) in [4.78, 5) is 20.5. The quantitative estimate of drug-likeness (QED) is 0.274. The van der Waals surface area contributed by atoms with E-state index in [0.29, 0.717) is 0 Å². The normalized spacial score (nSPS) is 10.1. The van der Waals surface area contributed by atoms with E-state index in [9.17, 15) is 19.3 Å². The monoisotopic (exact) mass is 217 g/mol. The number of carboxylic acid groups (broad SMARTS) is 1. The first-order valence-electron chi connectivity index (χ1n) is 3.01. The summed E-state index contributed by atoms with van der Waals surface area (Å²) >= 11 is 0. The van der Waals surface area contributed by atoms with Crippen molar-refractivity contribution in [1.82, 2.24) is 0 Å². The van der Waals surface area contributed by atoms with Crippen molar-refractivity contribution in [3.63, 3.8) is 0 Å². The molecule has 0 aromatic heterocycles. The van der Waals surface area contributed by atoms with Crippen LogP contribution in [0.3, 0.4) is 0 Å². The fourth-order valence-corrected chi connectivity index (χ4v) is 0.968. The maximum Gasteiger partial charge on any atom is 1.00 e. The van der Waals surface area contributed by atoms with Gasteiger partial charge in [-0.05, 0) is 11.0 Å². The van der Waals surface area contributed by atoms with Gasteiger partial charge in [0.15, 0.2) is 6.79 Å². The molecule has 0 radical (unpaired) electrons. The van der Waals surface area contributed by atoms with Gasteiger partial charge in [0, 0.05) is 5.97 Å². The minimum absolute atomic E-state index is 0. The summed E-state index contributed by atoms with van der Waals surface area (Å²) in [5, 5.41) is 17.9. The van der Waals surface area contributed by atoms with Crippen molar-refractivity contribution >= 4 is 19.5 Å². The SMILES string of the molecule is O=C([O-])CCC(=O)[P+](=O)OCO.[Na+]. The van der Waals surface area contributed by atoms with Gasteiger partial charge in [-0.1, -0.05) is 0 Å².